The molecule has 112 valence electrons. The maximum atomic E-state index is 13.0. The van der Waals surface area contributed by atoms with E-state index in [4.69, 9.17) is 15.2 Å². The number of rotatable bonds is 6. The lowest BCUT2D eigenvalue weighted by atomic mass is 10.3. The van der Waals surface area contributed by atoms with Crippen LogP contribution in [0.1, 0.15) is 0 Å². The highest BCUT2D eigenvalue weighted by atomic mass is 19.2. The second kappa shape index (κ2) is 6.90. The molecule has 0 saturated carbocycles. The van der Waals surface area contributed by atoms with Crippen molar-refractivity contribution in [2.24, 2.45) is 0 Å². The summed E-state index contributed by atoms with van der Waals surface area (Å²) >= 11 is 0. The van der Waals surface area contributed by atoms with Gasteiger partial charge in [0.05, 0.1) is 0 Å². The first kappa shape index (κ1) is 15.1. The minimum Gasteiger partial charge on any atom is -0.491 e. The Bertz CT molecular complexity index is 607. The van der Waals surface area contributed by atoms with Crippen LogP contribution in [0, 0.1) is 11.6 Å². The number of hydrogen-bond donors (Lipinski definition) is 2. The largest absolute Gasteiger partial charge is 0.491 e. The summed E-state index contributed by atoms with van der Waals surface area (Å²) in [7, 11) is 0. The predicted octanol–water partition coefficient (Wildman–Crippen LogP) is 2.37. The molecule has 1 unspecified atom stereocenters. The Hall–Kier alpha value is -2.34. The molecule has 6 heteroatoms. The Labute approximate surface area is 120 Å². The number of aliphatic hydroxyl groups excluding tert-OH is 1. The van der Waals surface area contributed by atoms with Crippen molar-refractivity contribution in [3.63, 3.8) is 0 Å². The van der Waals surface area contributed by atoms with Crippen LogP contribution in [0.2, 0.25) is 0 Å². The number of nitrogen functional groups attached to an aromatic ring is 1. The Balaban J connectivity index is 1.79. The Morgan fingerprint density at radius 1 is 0.952 bits per heavy atom. The normalized spacial score (nSPS) is 12.0. The Kier molecular flexibility index (Phi) is 4.94. The Morgan fingerprint density at radius 2 is 1.62 bits per heavy atom. The molecule has 0 heterocycles. The molecule has 0 saturated heterocycles. The summed E-state index contributed by atoms with van der Waals surface area (Å²) in [6.07, 6.45) is -0.917. The molecule has 0 fully saturated rings. The molecule has 0 amide bonds. The van der Waals surface area contributed by atoms with E-state index >= 15 is 0 Å². The van der Waals surface area contributed by atoms with E-state index in [2.05, 4.69) is 0 Å². The zero-order valence-electron chi connectivity index (χ0n) is 11.1. The molecule has 2 aromatic rings. The lowest BCUT2D eigenvalue weighted by Crippen LogP contribution is -2.25. The third-order valence-electron chi connectivity index (χ3n) is 2.63. The van der Waals surface area contributed by atoms with Gasteiger partial charge in [0.1, 0.15) is 30.8 Å². The van der Waals surface area contributed by atoms with Crippen LogP contribution in [0.5, 0.6) is 11.5 Å². The monoisotopic (exact) mass is 295 g/mol. The van der Waals surface area contributed by atoms with Crippen LogP contribution < -0.4 is 15.2 Å². The average Bonchev–Trinajstić information content (AvgIpc) is 2.46. The van der Waals surface area contributed by atoms with Gasteiger partial charge in [-0.15, -0.1) is 0 Å². The third-order valence-corrected chi connectivity index (χ3v) is 2.63. The number of benzene rings is 2. The Morgan fingerprint density at radius 3 is 2.24 bits per heavy atom. The van der Waals surface area contributed by atoms with Crippen molar-refractivity contribution < 1.29 is 23.4 Å². The van der Waals surface area contributed by atoms with E-state index < -0.39 is 17.7 Å². The molecule has 0 aliphatic rings. The van der Waals surface area contributed by atoms with E-state index in [1.54, 1.807) is 24.3 Å². The van der Waals surface area contributed by atoms with Crippen molar-refractivity contribution >= 4 is 5.69 Å². The molecule has 2 aromatic carbocycles. The average molecular weight is 295 g/mol. The molecule has 4 nitrogen and oxygen atoms in total. The van der Waals surface area contributed by atoms with Crippen molar-refractivity contribution in [2.45, 2.75) is 6.10 Å². The fraction of sp³-hybridized carbons (Fsp3) is 0.200. The molecule has 0 spiro atoms. The minimum absolute atomic E-state index is 0.00682. The predicted molar refractivity (Wildman–Crippen MR) is 74.2 cm³/mol. The van der Waals surface area contributed by atoms with Crippen LogP contribution in [0.15, 0.2) is 42.5 Å². The van der Waals surface area contributed by atoms with Gasteiger partial charge in [0.2, 0.25) is 0 Å². The lowest BCUT2D eigenvalue weighted by Gasteiger charge is -2.14. The van der Waals surface area contributed by atoms with Crippen molar-refractivity contribution in [3.8, 4) is 11.5 Å². The van der Waals surface area contributed by atoms with E-state index in [0.29, 0.717) is 11.4 Å². The molecule has 0 aliphatic heterocycles. The van der Waals surface area contributed by atoms with Gasteiger partial charge >= 0.3 is 0 Å². The van der Waals surface area contributed by atoms with E-state index in [9.17, 15) is 13.9 Å². The minimum atomic E-state index is -1.00. The number of hydrogen-bond acceptors (Lipinski definition) is 4. The van der Waals surface area contributed by atoms with Gasteiger partial charge in [0.25, 0.3) is 0 Å². The summed E-state index contributed by atoms with van der Waals surface area (Å²) in [5, 5.41) is 9.72. The van der Waals surface area contributed by atoms with Crippen molar-refractivity contribution in [1.29, 1.82) is 0 Å². The fourth-order valence-corrected chi connectivity index (χ4v) is 1.60. The van der Waals surface area contributed by atoms with E-state index in [0.717, 1.165) is 12.1 Å². The summed E-state index contributed by atoms with van der Waals surface area (Å²) in [5.74, 6) is -1.29. The van der Waals surface area contributed by atoms with E-state index in [1.807, 2.05) is 0 Å². The zero-order valence-corrected chi connectivity index (χ0v) is 11.1. The first-order chi connectivity index (χ1) is 10.0. The molecule has 3 N–H and O–H groups in total. The molecular formula is C15H15F2NO3. The maximum absolute atomic E-state index is 13.0. The topological polar surface area (TPSA) is 64.7 Å². The summed E-state index contributed by atoms with van der Waals surface area (Å²) < 4.78 is 36.2. The zero-order chi connectivity index (χ0) is 15.2. The second-order valence-corrected chi connectivity index (χ2v) is 4.42. The van der Waals surface area contributed by atoms with Gasteiger partial charge in [0.15, 0.2) is 11.6 Å². The maximum Gasteiger partial charge on any atom is 0.162 e. The van der Waals surface area contributed by atoms with Crippen LogP contribution in [0.4, 0.5) is 14.5 Å². The van der Waals surface area contributed by atoms with Crippen LogP contribution in [0.25, 0.3) is 0 Å². The first-order valence-corrected chi connectivity index (χ1v) is 6.29. The van der Waals surface area contributed by atoms with E-state index in [1.165, 1.54) is 6.07 Å². The summed E-state index contributed by atoms with van der Waals surface area (Å²) in [6, 6.07) is 9.94. The molecular weight excluding hydrogens is 280 g/mol. The molecule has 0 aliphatic carbocycles. The number of nitrogens with two attached hydrogens (primary N) is 1. The summed E-state index contributed by atoms with van der Waals surface area (Å²) in [5.41, 5.74) is 6.15. The quantitative estimate of drug-likeness (QED) is 0.803. The van der Waals surface area contributed by atoms with Gasteiger partial charge in [-0.1, -0.05) is 6.07 Å². The number of aliphatic hydroxyl groups is 1. The number of anilines is 1. The number of halogens is 2. The molecule has 1 atom stereocenters. The summed E-state index contributed by atoms with van der Waals surface area (Å²) in [6.45, 7) is -0.111. The highest BCUT2D eigenvalue weighted by Crippen LogP contribution is 2.16. The molecule has 0 aromatic heterocycles. The molecule has 0 bridgehead atoms. The van der Waals surface area contributed by atoms with Crippen molar-refractivity contribution in [1.82, 2.24) is 0 Å². The van der Waals surface area contributed by atoms with E-state index in [-0.39, 0.29) is 19.0 Å². The van der Waals surface area contributed by atoms with Crippen LogP contribution >= 0.6 is 0 Å². The summed E-state index contributed by atoms with van der Waals surface area (Å²) in [4.78, 5) is 0. The lowest BCUT2D eigenvalue weighted by molar-refractivity contribution is 0.0625. The van der Waals surface area contributed by atoms with Crippen molar-refractivity contribution in [3.05, 3.63) is 54.1 Å². The van der Waals surface area contributed by atoms with Crippen LogP contribution in [0.3, 0.4) is 0 Å². The van der Waals surface area contributed by atoms with Crippen LogP contribution in [-0.4, -0.2) is 24.4 Å². The molecule has 0 radical (unpaired) electrons. The van der Waals surface area contributed by atoms with Gasteiger partial charge in [-0.25, -0.2) is 8.78 Å². The van der Waals surface area contributed by atoms with Gasteiger partial charge in [-0.05, 0) is 24.3 Å². The van der Waals surface area contributed by atoms with Gasteiger partial charge in [-0.3, -0.25) is 0 Å². The van der Waals surface area contributed by atoms with Gasteiger partial charge < -0.3 is 20.3 Å². The van der Waals surface area contributed by atoms with Crippen LogP contribution in [-0.2, 0) is 0 Å². The first-order valence-electron chi connectivity index (χ1n) is 6.29. The van der Waals surface area contributed by atoms with Gasteiger partial charge in [-0.2, -0.15) is 0 Å². The number of ether oxygens (including phenoxy) is 2. The SMILES string of the molecule is Nc1cccc(OCC(O)COc2ccc(F)c(F)c2)c1. The molecule has 21 heavy (non-hydrogen) atoms. The van der Waals surface area contributed by atoms with Crippen molar-refractivity contribution in [2.75, 3.05) is 18.9 Å². The smallest absolute Gasteiger partial charge is 0.162 e. The fourth-order valence-electron chi connectivity index (χ4n) is 1.60. The van der Waals surface area contributed by atoms with Gasteiger partial charge in [0, 0.05) is 17.8 Å². The highest BCUT2D eigenvalue weighted by Gasteiger charge is 2.08. The molecule has 2 rings (SSSR count). The second-order valence-electron chi connectivity index (χ2n) is 4.42. The standard InChI is InChI=1S/C15H15F2NO3/c16-14-5-4-13(7-15(14)17)21-9-11(19)8-20-12-3-1-2-10(18)6-12/h1-7,11,19H,8-9,18H2. The third kappa shape index (κ3) is 4.61. The highest BCUT2D eigenvalue weighted by molar-refractivity contribution is 5.43.